The highest BCUT2D eigenvalue weighted by Gasteiger charge is 2.18. The zero-order chi connectivity index (χ0) is 35.1. The van der Waals surface area contributed by atoms with E-state index < -0.39 is 0 Å². The molecule has 0 radical (unpaired) electrons. The van der Waals surface area contributed by atoms with Crippen molar-refractivity contribution >= 4 is 42.3 Å². The minimum absolute atomic E-state index is 0.647. The molecule has 0 atom stereocenters. The lowest BCUT2D eigenvalue weighted by Gasteiger charge is -2.13. The van der Waals surface area contributed by atoms with E-state index in [1.807, 2.05) is 6.07 Å². The van der Waals surface area contributed by atoms with Gasteiger partial charge in [-0.15, -0.1) is 11.3 Å². The van der Waals surface area contributed by atoms with Crippen molar-refractivity contribution in [2.75, 3.05) is 0 Å². The highest BCUT2D eigenvalue weighted by molar-refractivity contribution is 7.26. The molecule has 0 aliphatic carbocycles. The molecule has 0 saturated carbocycles. The van der Waals surface area contributed by atoms with E-state index in [2.05, 4.69) is 182 Å². The predicted molar refractivity (Wildman–Crippen MR) is 223 cm³/mol. The first-order chi connectivity index (χ1) is 26.2. The number of aromatic nitrogens is 3. The van der Waals surface area contributed by atoms with Crippen LogP contribution in [-0.2, 0) is 0 Å². The van der Waals surface area contributed by atoms with E-state index in [9.17, 15) is 0 Å². The summed E-state index contributed by atoms with van der Waals surface area (Å²) in [5, 5.41) is 4.76. The second-order valence-electron chi connectivity index (χ2n) is 13.2. The fourth-order valence-electron chi connectivity index (χ4n) is 7.27. The Hall–Kier alpha value is -6.75. The van der Waals surface area contributed by atoms with Gasteiger partial charge in [0.1, 0.15) is 0 Å². The Morgan fingerprint density at radius 1 is 0.302 bits per heavy atom. The van der Waals surface area contributed by atoms with Crippen molar-refractivity contribution in [1.29, 1.82) is 0 Å². The molecule has 8 aromatic carbocycles. The van der Waals surface area contributed by atoms with Crippen molar-refractivity contribution in [3.05, 3.63) is 188 Å². The summed E-state index contributed by atoms with van der Waals surface area (Å²) in [5.41, 5.74) is 9.94. The Kier molecular flexibility index (Phi) is 7.67. The monoisotopic (exact) mass is 693 g/mol. The van der Waals surface area contributed by atoms with Gasteiger partial charge in [-0.05, 0) is 68.4 Å². The number of hydrogen-bond acceptors (Lipinski definition) is 4. The summed E-state index contributed by atoms with van der Waals surface area (Å²) >= 11 is 1.79. The Morgan fingerprint density at radius 2 is 0.792 bits per heavy atom. The predicted octanol–water partition coefficient (Wildman–Crippen LogP) is 13.4. The van der Waals surface area contributed by atoms with Crippen LogP contribution in [0.2, 0.25) is 0 Å². The van der Waals surface area contributed by atoms with Gasteiger partial charge in [0, 0.05) is 36.9 Å². The molecule has 0 saturated heterocycles. The van der Waals surface area contributed by atoms with Crippen molar-refractivity contribution in [1.82, 2.24) is 15.0 Å². The average Bonchev–Trinajstić information content (AvgIpc) is 3.63. The second kappa shape index (κ2) is 13.1. The summed E-state index contributed by atoms with van der Waals surface area (Å²) in [6.07, 6.45) is 0. The van der Waals surface area contributed by atoms with Crippen LogP contribution >= 0.6 is 11.3 Å². The summed E-state index contributed by atoms with van der Waals surface area (Å²) in [5.74, 6) is 1.96. The summed E-state index contributed by atoms with van der Waals surface area (Å²) < 4.78 is 2.43. The molecule has 3 nitrogen and oxygen atoms in total. The van der Waals surface area contributed by atoms with Crippen LogP contribution in [-0.4, -0.2) is 15.0 Å². The molecule has 248 valence electrons. The number of hydrogen-bond donors (Lipinski definition) is 0. The molecule has 0 N–H and O–H groups in total. The van der Waals surface area contributed by atoms with Crippen molar-refractivity contribution in [3.8, 4) is 67.5 Å². The first-order valence-electron chi connectivity index (χ1n) is 17.8. The maximum Gasteiger partial charge on any atom is 0.165 e. The van der Waals surface area contributed by atoms with Crippen LogP contribution in [0.1, 0.15) is 0 Å². The summed E-state index contributed by atoms with van der Waals surface area (Å²) in [6.45, 7) is 0. The van der Waals surface area contributed by atoms with Crippen LogP contribution in [0.3, 0.4) is 0 Å². The van der Waals surface area contributed by atoms with Crippen LogP contribution in [0.4, 0.5) is 0 Å². The Morgan fingerprint density at radius 3 is 1.55 bits per heavy atom. The molecule has 0 bridgehead atoms. The third kappa shape index (κ3) is 5.76. The largest absolute Gasteiger partial charge is 0.208 e. The molecule has 0 aliphatic rings. The lowest BCUT2D eigenvalue weighted by atomic mass is 9.97. The molecular weight excluding hydrogens is 663 g/mol. The molecule has 0 fully saturated rings. The number of fused-ring (bicyclic) bond motifs is 4. The van der Waals surface area contributed by atoms with E-state index in [-0.39, 0.29) is 0 Å². The minimum atomic E-state index is 0.647. The fourth-order valence-corrected chi connectivity index (χ4v) is 8.48. The average molecular weight is 694 g/mol. The van der Waals surface area contributed by atoms with Crippen molar-refractivity contribution < 1.29 is 0 Å². The molecule has 0 unspecified atom stereocenters. The SMILES string of the molecule is c1ccc(-c2ccc(-c3ccc4cc(-c5nc(-c6ccccc6-c6ccccc6)nc(-c6cccc7c6sc6ccccc67)n5)ccc4c3)cc2)cc1. The van der Waals surface area contributed by atoms with Crippen LogP contribution < -0.4 is 0 Å². The molecule has 10 rings (SSSR count). The van der Waals surface area contributed by atoms with Gasteiger partial charge >= 0.3 is 0 Å². The van der Waals surface area contributed by atoms with Crippen molar-refractivity contribution in [2.45, 2.75) is 0 Å². The first-order valence-corrected chi connectivity index (χ1v) is 18.6. The van der Waals surface area contributed by atoms with Crippen LogP contribution in [0.15, 0.2) is 188 Å². The van der Waals surface area contributed by atoms with Gasteiger partial charge in [0.2, 0.25) is 0 Å². The van der Waals surface area contributed by atoms with Gasteiger partial charge in [0.25, 0.3) is 0 Å². The third-order valence-corrected chi connectivity index (χ3v) is 11.2. The molecule has 2 aromatic heterocycles. The standard InChI is InChI=1S/C49H31N3S/c1-3-12-32(13-4-1)33-22-24-34(25-23-33)36-26-27-38-31-39(29-28-37(38)30-36)47-50-48(43-18-8-7-16-40(43)35-14-5-2-6-15-35)52-49(51-47)44-20-11-19-42-41-17-9-10-21-45(41)53-46(42)44/h1-31H. The molecule has 2 heterocycles. The summed E-state index contributed by atoms with van der Waals surface area (Å²) in [6, 6.07) is 66.3. The van der Waals surface area contributed by atoms with E-state index in [0.29, 0.717) is 17.5 Å². The Balaban J connectivity index is 1.10. The fraction of sp³-hybridized carbons (Fsp3) is 0. The van der Waals surface area contributed by atoms with E-state index >= 15 is 0 Å². The molecular formula is C49H31N3S. The second-order valence-corrected chi connectivity index (χ2v) is 14.3. The van der Waals surface area contributed by atoms with Gasteiger partial charge in [-0.25, -0.2) is 15.0 Å². The van der Waals surface area contributed by atoms with Crippen molar-refractivity contribution in [3.63, 3.8) is 0 Å². The van der Waals surface area contributed by atoms with Crippen LogP contribution in [0.25, 0.3) is 98.5 Å². The molecule has 0 spiro atoms. The Bertz CT molecular complexity index is 2930. The summed E-state index contributed by atoms with van der Waals surface area (Å²) in [4.78, 5) is 15.6. The lowest BCUT2D eigenvalue weighted by molar-refractivity contribution is 1.08. The van der Waals surface area contributed by atoms with Gasteiger partial charge in [0.05, 0.1) is 0 Å². The lowest BCUT2D eigenvalue weighted by Crippen LogP contribution is -2.01. The van der Waals surface area contributed by atoms with Crippen LogP contribution in [0, 0.1) is 0 Å². The first kappa shape index (κ1) is 31.0. The normalized spacial score (nSPS) is 11.4. The minimum Gasteiger partial charge on any atom is -0.208 e. The topological polar surface area (TPSA) is 38.7 Å². The van der Waals surface area contributed by atoms with E-state index in [4.69, 9.17) is 15.0 Å². The number of thiophene rings is 1. The maximum atomic E-state index is 5.22. The van der Waals surface area contributed by atoms with E-state index in [0.717, 1.165) is 38.6 Å². The zero-order valence-corrected chi connectivity index (χ0v) is 29.5. The smallest absolute Gasteiger partial charge is 0.165 e. The molecule has 0 aliphatic heterocycles. The molecule has 0 amide bonds. The van der Waals surface area contributed by atoms with Gasteiger partial charge in [0.15, 0.2) is 17.5 Å². The third-order valence-electron chi connectivity index (χ3n) is 9.96. The number of rotatable bonds is 6. The van der Waals surface area contributed by atoms with E-state index in [1.54, 1.807) is 11.3 Å². The Labute approximate surface area is 311 Å². The quantitative estimate of drug-likeness (QED) is 0.174. The highest BCUT2D eigenvalue weighted by Crippen LogP contribution is 2.40. The number of benzene rings is 8. The summed E-state index contributed by atoms with van der Waals surface area (Å²) in [7, 11) is 0. The highest BCUT2D eigenvalue weighted by atomic mass is 32.1. The van der Waals surface area contributed by atoms with Gasteiger partial charge in [-0.2, -0.15) is 0 Å². The van der Waals surface area contributed by atoms with Gasteiger partial charge < -0.3 is 0 Å². The van der Waals surface area contributed by atoms with E-state index in [1.165, 1.54) is 42.4 Å². The van der Waals surface area contributed by atoms with Gasteiger partial charge in [-0.1, -0.05) is 164 Å². The maximum absolute atomic E-state index is 5.22. The number of nitrogens with zero attached hydrogens (tertiary/aromatic N) is 3. The van der Waals surface area contributed by atoms with Crippen molar-refractivity contribution in [2.24, 2.45) is 0 Å². The van der Waals surface area contributed by atoms with Crippen LogP contribution in [0.5, 0.6) is 0 Å². The zero-order valence-electron chi connectivity index (χ0n) is 28.6. The molecule has 4 heteroatoms. The molecule has 53 heavy (non-hydrogen) atoms. The van der Waals surface area contributed by atoms with Gasteiger partial charge in [-0.3, -0.25) is 0 Å². The molecule has 10 aromatic rings.